The maximum absolute atomic E-state index is 13.5. The van der Waals surface area contributed by atoms with Crippen LogP contribution in [0, 0.1) is 0 Å². The number of ether oxygens (including phenoxy) is 1. The van der Waals surface area contributed by atoms with Crippen LogP contribution in [0.4, 0.5) is 5.69 Å². The third-order valence-corrected chi connectivity index (χ3v) is 5.96. The van der Waals surface area contributed by atoms with E-state index in [1.165, 1.54) is 7.11 Å². The van der Waals surface area contributed by atoms with Gasteiger partial charge in [0.2, 0.25) is 5.91 Å². The molecule has 0 saturated heterocycles. The van der Waals surface area contributed by atoms with Crippen molar-refractivity contribution >= 4 is 45.1 Å². The second-order valence-corrected chi connectivity index (χ2v) is 8.27. The van der Waals surface area contributed by atoms with Gasteiger partial charge in [0.1, 0.15) is 23.3 Å². The normalized spacial score (nSPS) is 11.1. The second kappa shape index (κ2) is 9.03. The van der Waals surface area contributed by atoms with Crippen LogP contribution in [0.3, 0.4) is 0 Å². The van der Waals surface area contributed by atoms with E-state index >= 15 is 0 Å². The molecule has 0 saturated carbocycles. The number of nitrogens with one attached hydrogen (secondary N) is 1. The van der Waals surface area contributed by atoms with Crippen molar-refractivity contribution in [1.29, 1.82) is 0 Å². The van der Waals surface area contributed by atoms with E-state index in [9.17, 15) is 9.59 Å². The number of para-hydroxylation sites is 1. The molecule has 0 unspecified atom stereocenters. The summed E-state index contributed by atoms with van der Waals surface area (Å²) < 4.78 is 8.45. The number of hydrogen-bond donors (Lipinski definition) is 1. The molecule has 0 spiro atoms. The van der Waals surface area contributed by atoms with Crippen LogP contribution in [0.2, 0.25) is 5.02 Å². The van der Waals surface area contributed by atoms with Gasteiger partial charge in [0.25, 0.3) is 5.56 Å². The van der Waals surface area contributed by atoms with Gasteiger partial charge in [-0.3, -0.25) is 14.2 Å². The number of hydrogen-bond acceptors (Lipinski definition) is 4. The Kier molecular flexibility index (Phi) is 5.77. The number of benzene rings is 3. The molecule has 0 atom stereocenters. The Morgan fingerprint density at radius 2 is 1.82 bits per heavy atom. The molecule has 0 fully saturated rings. The summed E-state index contributed by atoms with van der Waals surface area (Å²) in [6.45, 7) is 0.334. The smallest absolute Gasteiger partial charge is 0.278 e. The highest BCUT2D eigenvalue weighted by Gasteiger charge is 2.18. The number of halogens is 1. The zero-order chi connectivity index (χ0) is 23.7. The summed E-state index contributed by atoms with van der Waals surface area (Å²) >= 11 is 6.18. The van der Waals surface area contributed by atoms with Crippen LogP contribution in [0.1, 0.15) is 5.56 Å². The Labute approximate surface area is 200 Å². The number of carbonyl (C=O) groups excluding carboxylic acids is 1. The second-order valence-electron chi connectivity index (χ2n) is 7.86. The van der Waals surface area contributed by atoms with Gasteiger partial charge in [-0.1, -0.05) is 60.1 Å². The lowest BCUT2D eigenvalue weighted by atomic mass is 10.2. The Morgan fingerprint density at radius 1 is 1.06 bits per heavy atom. The summed E-state index contributed by atoms with van der Waals surface area (Å²) in [5, 5.41) is 4.06. The Morgan fingerprint density at radius 3 is 2.59 bits per heavy atom. The average Bonchev–Trinajstić information content (AvgIpc) is 3.16. The standard InChI is InChI=1S/C26H21ClN4O3/c1-34-22-12-11-18(13-20(22)27)29-23(32)15-31-21-10-6-5-9-19(21)24-25(31)26(33)30(16-28-24)14-17-7-3-2-4-8-17/h2-13,16H,14-15H2,1H3,(H,29,32). The van der Waals surface area contributed by atoms with E-state index in [1.807, 2.05) is 54.6 Å². The van der Waals surface area contributed by atoms with Gasteiger partial charge in [-0.15, -0.1) is 0 Å². The number of methoxy groups -OCH3 is 1. The van der Waals surface area contributed by atoms with E-state index in [1.54, 1.807) is 33.7 Å². The van der Waals surface area contributed by atoms with Crippen LogP contribution < -0.4 is 15.6 Å². The van der Waals surface area contributed by atoms with Crippen LogP contribution in [0.15, 0.2) is 83.9 Å². The van der Waals surface area contributed by atoms with Crippen LogP contribution in [-0.4, -0.2) is 27.1 Å². The van der Waals surface area contributed by atoms with Crippen molar-refractivity contribution in [3.05, 3.63) is 100 Å². The summed E-state index contributed by atoms with van der Waals surface area (Å²) in [5.41, 5.74) is 3.05. The van der Waals surface area contributed by atoms with Crippen molar-refractivity contribution < 1.29 is 9.53 Å². The SMILES string of the molecule is COc1ccc(NC(=O)Cn2c3ccccc3c3ncn(Cc4ccccc4)c(=O)c32)cc1Cl. The highest BCUT2D eigenvalue weighted by atomic mass is 35.5. The minimum absolute atomic E-state index is 0.0556. The molecule has 0 aliphatic heterocycles. The minimum atomic E-state index is -0.290. The van der Waals surface area contributed by atoms with Gasteiger partial charge in [0, 0.05) is 11.1 Å². The zero-order valence-corrected chi connectivity index (χ0v) is 19.1. The van der Waals surface area contributed by atoms with Crippen LogP contribution >= 0.6 is 11.6 Å². The lowest BCUT2D eigenvalue weighted by molar-refractivity contribution is -0.116. The van der Waals surface area contributed by atoms with Crippen molar-refractivity contribution in [3.8, 4) is 5.75 Å². The number of nitrogens with zero attached hydrogens (tertiary/aromatic N) is 3. The first-order valence-electron chi connectivity index (χ1n) is 10.7. The molecule has 5 aromatic rings. The Bertz CT molecular complexity index is 1570. The largest absolute Gasteiger partial charge is 0.495 e. The van der Waals surface area contributed by atoms with Crippen molar-refractivity contribution in [2.45, 2.75) is 13.1 Å². The molecule has 8 heteroatoms. The fourth-order valence-electron chi connectivity index (χ4n) is 4.09. The van der Waals surface area contributed by atoms with E-state index in [0.717, 1.165) is 16.5 Å². The van der Waals surface area contributed by atoms with Gasteiger partial charge in [-0.05, 0) is 29.8 Å². The van der Waals surface area contributed by atoms with E-state index in [-0.39, 0.29) is 18.0 Å². The molecule has 34 heavy (non-hydrogen) atoms. The van der Waals surface area contributed by atoms with E-state index < -0.39 is 0 Å². The van der Waals surface area contributed by atoms with Crippen LogP contribution in [0.25, 0.3) is 21.9 Å². The summed E-state index contributed by atoms with van der Waals surface area (Å²) in [4.78, 5) is 31.1. The van der Waals surface area contributed by atoms with E-state index in [4.69, 9.17) is 16.3 Å². The quantitative estimate of drug-likeness (QED) is 0.388. The number of rotatable bonds is 6. The van der Waals surface area contributed by atoms with Crippen LogP contribution in [0.5, 0.6) is 5.75 Å². The Hall–Kier alpha value is -4.10. The monoisotopic (exact) mass is 472 g/mol. The van der Waals surface area contributed by atoms with Gasteiger partial charge >= 0.3 is 0 Å². The molecular formula is C26H21ClN4O3. The predicted octanol–water partition coefficient (Wildman–Crippen LogP) is 4.70. The Balaban J connectivity index is 1.54. The maximum Gasteiger partial charge on any atom is 0.278 e. The van der Waals surface area contributed by atoms with Crippen molar-refractivity contribution in [2.75, 3.05) is 12.4 Å². The molecule has 0 radical (unpaired) electrons. The molecule has 2 heterocycles. The molecule has 0 aliphatic rings. The average molecular weight is 473 g/mol. The van der Waals surface area contributed by atoms with Crippen molar-refractivity contribution in [3.63, 3.8) is 0 Å². The summed E-state index contributed by atoms with van der Waals surface area (Å²) in [6.07, 6.45) is 1.56. The van der Waals surface area contributed by atoms with Gasteiger partial charge in [0.05, 0.1) is 30.5 Å². The third kappa shape index (κ3) is 4.02. The lowest BCUT2D eigenvalue weighted by Crippen LogP contribution is -2.25. The van der Waals surface area contributed by atoms with Gasteiger partial charge < -0.3 is 14.6 Å². The summed E-state index contributed by atoms with van der Waals surface area (Å²) in [5.74, 6) is 0.230. The highest BCUT2D eigenvalue weighted by molar-refractivity contribution is 6.32. The van der Waals surface area contributed by atoms with Gasteiger partial charge in [0.15, 0.2) is 0 Å². The predicted molar refractivity (Wildman–Crippen MR) is 134 cm³/mol. The molecule has 5 rings (SSSR count). The lowest BCUT2D eigenvalue weighted by Gasteiger charge is -2.11. The molecule has 1 N–H and O–H groups in total. The topological polar surface area (TPSA) is 78.2 Å². The van der Waals surface area contributed by atoms with E-state index in [2.05, 4.69) is 10.3 Å². The van der Waals surface area contributed by atoms with Gasteiger partial charge in [-0.2, -0.15) is 0 Å². The first-order chi connectivity index (χ1) is 16.5. The fourth-order valence-corrected chi connectivity index (χ4v) is 4.35. The number of fused-ring (bicyclic) bond motifs is 3. The van der Waals surface area contributed by atoms with Gasteiger partial charge in [-0.25, -0.2) is 4.98 Å². The summed E-state index contributed by atoms with van der Waals surface area (Å²) in [7, 11) is 1.53. The molecule has 0 bridgehead atoms. The fraction of sp³-hybridized carbons (Fsp3) is 0.115. The summed E-state index contributed by atoms with van der Waals surface area (Å²) in [6, 6.07) is 22.3. The third-order valence-electron chi connectivity index (χ3n) is 5.67. The van der Waals surface area contributed by atoms with E-state index in [0.29, 0.717) is 34.0 Å². The number of aromatic nitrogens is 3. The molecular weight excluding hydrogens is 452 g/mol. The first-order valence-corrected chi connectivity index (χ1v) is 11.1. The molecule has 1 amide bonds. The first kappa shape index (κ1) is 21.7. The number of amides is 1. The molecule has 170 valence electrons. The molecule has 7 nitrogen and oxygen atoms in total. The van der Waals surface area contributed by atoms with Crippen LogP contribution in [-0.2, 0) is 17.9 Å². The maximum atomic E-state index is 13.5. The van der Waals surface area contributed by atoms with Crippen molar-refractivity contribution in [1.82, 2.24) is 14.1 Å². The highest BCUT2D eigenvalue weighted by Crippen LogP contribution is 2.28. The number of carbonyl (C=O) groups is 1. The minimum Gasteiger partial charge on any atom is -0.495 e. The molecule has 3 aromatic carbocycles. The van der Waals surface area contributed by atoms with Crippen molar-refractivity contribution in [2.24, 2.45) is 0 Å². The number of anilines is 1. The zero-order valence-electron chi connectivity index (χ0n) is 18.4. The molecule has 2 aromatic heterocycles. The molecule has 0 aliphatic carbocycles.